The first-order chi connectivity index (χ1) is 8.74. The Morgan fingerprint density at radius 1 is 1.17 bits per heavy atom. The van der Waals surface area contributed by atoms with Crippen molar-refractivity contribution in [2.24, 2.45) is 5.92 Å². The molecule has 2 aliphatic rings. The maximum atomic E-state index is 3.89. The van der Waals surface area contributed by atoms with Gasteiger partial charge in [-0.1, -0.05) is 33.1 Å². The monoisotopic (exact) mass is 252 g/mol. The molecule has 0 aromatic heterocycles. The Morgan fingerprint density at radius 3 is 2.78 bits per heavy atom. The van der Waals surface area contributed by atoms with Crippen LogP contribution < -0.4 is 10.6 Å². The molecule has 1 saturated carbocycles. The molecular formula is C16H32N2. The van der Waals surface area contributed by atoms with Crippen LogP contribution in [0.4, 0.5) is 0 Å². The first-order valence-corrected chi connectivity index (χ1v) is 8.22. The zero-order valence-electron chi connectivity index (χ0n) is 12.4. The lowest BCUT2D eigenvalue weighted by Crippen LogP contribution is -2.50. The van der Waals surface area contributed by atoms with E-state index in [1.54, 1.807) is 0 Å². The number of nitrogens with one attached hydrogen (secondary N) is 2. The molecule has 0 spiro atoms. The Hall–Kier alpha value is -0.0800. The minimum atomic E-state index is 0.423. The second kappa shape index (κ2) is 6.91. The van der Waals surface area contributed by atoms with Gasteiger partial charge in [0.25, 0.3) is 0 Å². The Kier molecular flexibility index (Phi) is 5.50. The Morgan fingerprint density at radius 2 is 2.06 bits per heavy atom. The summed E-state index contributed by atoms with van der Waals surface area (Å²) in [4.78, 5) is 0. The lowest BCUT2D eigenvalue weighted by molar-refractivity contribution is 0.299. The summed E-state index contributed by atoms with van der Waals surface area (Å²) in [6.45, 7) is 7.15. The summed E-state index contributed by atoms with van der Waals surface area (Å²) < 4.78 is 0. The molecule has 3 unspecified atom stereocenters. The summed E-state index contributed by atoms with van der Waals surface area (Å²) in [7, 11) is 0. The van der Waals surface area contributed by atoms with Crippen LogP contribution in [0.15, 0.2) is 0 Å². The smallest absolute Gasteiger partial charge is 0.0306 e. The van der Waals surface area contributed by atoms with Crippen LogP contribution >= 0.6 is 0 Å². The molecule has 2 heteroatoms. The molecule has 0 amide bonds. The highest BCUT2D eigenvalue weighted by molar-refractivity contribution is 4.95. The maximum Gasteiger partial charge on any atom is 0.0306 e. The molecule has 2 nitrogen and oxygen atoms in total. The van der Waals surface area contributed by atoms with Gasteiger partial charge in [0, 0.05) is 18.1 Å². The highest BCUT2D eigenvalue weighted by Crippen LogP contribution is 2.26. The molecule has 1 aliphatic carbocycles. The Labute approximate surface area is 113 Å². The minimum absolute atomic E-state index is 0.423. The van der Waals surface area contributed by atoms with Crippen molar-refractivity contribution >= 4 is 0 Å². The van der Waals surface area contributed by atoms with Crippen LogP contribution in [-0.4, -0.2) is 24.7 Å². The summed E-state index contributed by atoms with van der Waals surface area (Å²) in [6.07, 6.45) is 12.4. The number of rotatable bonds is 5. The van der Waals surface area contributed by atoms with Crippen LogP contribution in [0.25, 0.3) is 0 Å². The van der Waals surface area contributed by atoms with E-state index in [9.17, 15) is 0 Å². The molecule has 2 N–H and O–H groups in total. The fraction of sp³-hybridized carbons (Fsp3) is 1.00. The van der Waals surface area contributed by atoms with Crippen molar-refractivity contribution in [3.8, 4) is 0 Å². The van der Waals surface area contributed by atoms with Crippen LogP contribution in [0.2, 0.25) is 0 Å². The summed E-state index contributed by atoms with van der Waals surface area (Å²) in [5, 5.41) is 7.66. The lowest BCUT2D eigenvalue weighted by atomic mass is 9.91. The van der Waals surface area contributed by atoms with Gasteiger partial charge in [0.05, 0.1) is 0 Å². The third-order valence-electron chi connectivity index (χ3n) is 5.05. The Balaban J connectivity index is 1.78. The van der Waals surface area contributed by atoms with Crippen LogP contribution in [0.5, 0.6) is 0 Å². The van der Waals surface area contributed by atoms with Crippen molar-refractivity contribution in [1.29, 1.82) is 0 Å². The van der Waals surface area contributed by atoms with Gasteiger partial charge in [-0.25, -0.2) is 0 Å². The van der Waals surface area contributed by atoms with E-state index in [0.29, 0.717) is 5.54 Å². The average molecular weight is 252 g/mol. The maximum absolute atomic E-state index is 3.89. The third-order valence-corrected chi connectivity index (χ3v) is 5.05. The minimum Gasteiger partial charge on any atom is -0.312 e. The van der Waals surface area contributed by atoms with Gasteiger partial charge in [-0.3, -0.25) is 0 Å². The molecule has 0 radical (unpaired) electrons. The largest absolute Gasteiger partial charge is 0.312 e. The van der Waals surface area contributed by atoms with Gasteiger partial charge in [-0.2, -0.15) is 0 Å². The highest BCUT2D eigenvalue weighted by Gasteiger charge is 2.32. The summed E-state index contributed by atoms with van der Waals surface area (Å²) >= 11 is 0. The molecule has 0 bridgehead atoms. The van der Waals surface area contributed by atoms with Gasteiger partial charge >= 0.3 is 0 Å². The molecule has 2 rings (SSSR count). The van der Waals surface area contributed by atoms with Crippen LogP contribution in [0.3, 0.4) is 0 Å². The Bertz CT molecular complexity index is 233. The zero-order chi connectivity index (χ0) is 12.8. The quantitative estimate of drug-likeness (QED) is 0.732. The highest BCUT2D eigenvalue weighted by atomic mass is 15.1. The van der Waals surface area contributed by atoms with Gasteiger partial charge in [0.15, 0.2) is 0 Å². The van der Waals surface area contributed by atoms with Crippen LogP contribution in [0, 0.1) is 5.92 Å². The molecule has 3 atom stereocenters. The van der Waals surface area contributed by atoms with E-state index in [1.807, 2.05) is 0 Å². The summed E-state index contributed by atoms with van der Waals surface area (Å²) in [5.74, 6) is 0.950. The molecule has 106 valence electrons. The van der Waals surface area contributed by atoms with Gasteiger partial charge in [-0.15, -0.1) is 0 Å². The lowest BCUT2D eigenvalue weighted by Gasteiger charge is -2.32. The van der Waals surface area contributed by atoms with Crippen LogP contribution in [-0.2, 0) is 0 Å². The summed E-state index contributed by atoms with van der Waals surface area (Å²) in [6, 6.07) is 0.783. The topological polar surface area (TPSA) is 24.1 Å². The molecule has 0 aromatic carbocycles. The van der Waals surface area contributed by atoms with E-state index in [4.69, 9.17) is 0 Å². The van der Waals surface area contributed by atoms with Crippen molar-refractivity contribution in [3.63, 3.8) is 0 Å². The fourth-order valence-corrected chi connectivity index (χ4v) is 3.83. The third kappa shape index (κ3) is 3.96. The van der Waals surface area contributed by atoms with Crippen molar-refractivity contribution < 1.29 is 0 Å². The molecule has 0 aromatic rings. The van der Waals surface area contributed by atoms with Crippen molar-refractivity contribution in [3.05, 3.63) is 0 Å². The van der Waals surface area contributed by atoms with Crippen molar-refractivity contribution in [2.45, 2.75) is 83.2 Å². The van der Waals surface area contributed by atoms with Gasteiger partial charge in [0.1, 0.15) is 0 Å². The molecule has 1 aliphatic heterocycles. The fourth-order valence-electron chi connectivity index (χ4n) is 3.83. The van der Waals surface area contributed by atoms with E-state index in [2.05, 4.69) is 24.5 Å². The standard InChI is InChI=1S/C16H32N2/c1-3-10-16(11-5-12-18-16)13-17-15-7-4-6-14(2)8-9-15/h14-15,17-18H,3-13H2,1-2H3. The predicted octanol–water partition coefficient (Wildman–Crippen LogP) is 3.47. The molecule has 2 fully saturated rings. The second-order valence-electron chi connectivity index (χ2n) is 6.75. The van der Waals surface area contributed by atoms with Gasteiger partial charge in [-0.05, 0) is 51.0 Å². The summed E-state index contributed by atoms with van der Waals surface area (Å²) in [5.41, 5.74) is 0.423. The zero-order valence-corrected chi connectivity index (χ0v) is 12.4. The SMILES string of the molecule is CCCC1(CNC2CCCC(C)CC2)CCCN1. The number of hydrogen-bond donors (Lipinski definition) is 2. The molecule has 1 heterocycles. The molecular weight excluding hydrogens is 220 g/mol. The average Bonchev–Trinajstić information content (AvgIpc) is 2.71. The van der Waals surface area contributed by atoms with E-state index in [-0.39, 0.29) is 0 Å². The van der Waals surface area contributed by atoms with E-state index in [0.717, 1.165) is 12.0 Å². The predicted molar refractivity (Wildman–Crippen MR) is 78.9 cm³/mol. The number of hydrogen-bond acceptors (Lipinski definition) is 2. The van der Waals surface area contributed by atoms with Gasteiger partial charge in [0.2, 0.25) is 0 Å². The first-order valence-electron chi connectivity index (χ1n) is 8.22. The molecule has 1 saturated heterocycles. The van der Waals surface area contributed by atoms with Crippen molar-refractivity contribution in [1.82, 2.24) is 10.6 Å². The van der Waals surface area contributed by atoms with E-state index in [1.165, 1.54) is 70.9 Å². The van der Waals surface area contributed by atoms with Crippen LogP contribution in [0.1, 0.15) is 71.6 Å². The first kappa shape index (κ1) is 14.3. The van der Waals surface area contributed by atoms with E-state index < -0.39 is 0 Å². The normalized spacial score (nSPS) is 37.7. The molecule has 18 heavy (non-hydrogen) atoms. The van der Waals surface area contributed by atoms with Crippen molar-refractivity contribution in [2.75, 3.05) is 13.1 Å². The van der Waals surface area contributed by atoms with Gasteiger partial charge < -0.3 is 10.6 Å². The van der Waals surface area contributed by atoms with E-state index >= 15 is 0 Å². The second-order valence-corrected chi connectivity index (χ2v) is 6.75.